The number of aromatic nitrogens is 2. The summed E-state index contributed by atoms with van der Waals surface area (Å²) in [4.78, 5) is 3.31. The maximum atomic E-state index is 12.2. The van der Waals surface area contributed by atoms with Crippen molar-refractivity contribution < 1.29 is 22.4 Å². The molecule has 2 atom stereocenters. The number of nitrogens with zero attached hydrogens (tertiary/aromatic N) is 2. The minimum absolute atomic E-state index is 0.0359. The van der Waals surface area contributed by atoms with Crippen molar-refractivity contribution >= 4 is 0 Å². The van der Waals surface area contributed by atoms with E-state index in [1.54, 1.807) is 7.11 Å². The van der Waals surface area contributed by atoms with Crippen molar-refractivity contribution in [1.82, 2.24) is 15.5 Å². The number of alkyl halides is 3. The van der Waals surface area contributed by atoms with E-state index in [1.807, 2.05) is 0 Å². The van der Waals surface area contributed by atoms with E-state index in [2.05, 4.69) is 20.0 Å². The van der Waals surface area contributed by atoms with Crippen LogP contribution in [-0.2, 0) is 10.9 Å². The van der Waals surface area contributed by atoms with Gasteiger partial charge in [-0.25, -0.2) is 0 Å². The highest BCUT2D eigenvalue weighted by molar-refractivity contribution is 4.99. The highest BCUT2D eigenvalue weighted by Gasteiger charge is 2.39. The molecular formula is C8H10F3N3O2. The standard InChI is InChI=1S/C8H10F3N3O2/c1-15-4-2-5(12-3-4)6-13-7(14-16-6)8(9,10)11/h4-5,12H,2-3H2,1H3. The van der Waals surface area contributed by atoms with Crippen LogP contribution in [0.2, 0.25) is 0 Å². The number of halogens is 3. The van der Waals surface area contributed by atoms with Gasteiger partial charge in [-0.2, -0.15) is 18.2 Å². The van der Waals surface area contributed by atoms with Gasteiger partial charge in [0.1, 0.15) is 0 Å². The molecule has 1 aliphatic rings. The molecule has 0 aliphatic carbocycles. The summed E-state index contributed by atoms with van der Waals surface area (Å²) in [5, 5.41) is 5.84. The summed E-state index contributed by atoms with van der Waals surface area (Å²) >= 11 is 0. The Kier molecular flexibility index (Phi) is 2.85. The zero-order valence-corrected chi connectivity index (χ0v) is 8.41. The molecule has 1 fully saturated rings. The van der Waals surface area contributed by atoms with E-state index in [-0.39, 0.29) is 18.0 Å². The quantitative estimate of drug-likeness (QED) is 0.835. The normalized spacial score (nSPS) is 26.2. The molecule has 2 rings (SSSR count). The summed E-state index contributed by atoms with van der Waals surface area (Å²) < 4.78 is 46.2. The predicted octanol–water partition coefficient (Wildman–Crippen LogP) is 1.14. The SMILES string of the molecule is COC1CNC(c2nc(C(F)(F)F)no2)C1. The lowest BCUT2D eigenvalue weighted by Crippen LogP contribution is -2.16. The molecule has 1 N–H and O–H groups in total. The van der Waals surface area contributed by atoms with Crippen molar-refractivity contribution in [2.45, 2.75) is 24.7 Å². The lowest BCUT2D eigenvalue weighted by molar-refractivity contribution is -0.146. The molecule has 1 saturated heterocycles. The van der Waals surface area contributed by atoms with Crippen LogP contribution in [0.3, 0.4) is 0 Å². The minimum Gasteiger partial charge on any atom is -0.380 e. The molecule has 0 radical (unpaired) electrons. The van der Waals surface area contributed by atoms with Gasteiger partial charge < -0.3 is 14.6 Å². The summed E-state index contributed by atoms with van der Waals surface area (Å²) in [6, 6.07) is -0.367. The van der Waals surface area contributed by atoms with Gasteiger partial charge in [0.15, 0.2) is 0 Å². The first-order chi connectivity index (χ1) is 7.50. The van der Waals surface area contributed by atoms with Crippen LogP contribution in [-0.4, -0.2) is 29.9 Å². The van der Waals surface area contributed by atoms with Gasteiger partial charge in [0.25, 0.3) is 5.82 Å². The Hall–Kier alpha value is -1.15. The van der Waals surface area contributed by atoms with Crippen molar-refractivity contribution in [3.05, 3.63) is 11.7 Å². The molecule has 16 heavy (non-hydrogen) atoms. The third kappa shape index (κ3) is 2.17. The molecule has 0 saturated carbocycles. The van der Waals surface area contributed by atoms with Gasteiger partial charge in [0.2, 0.25) is 5.89 Å². The summed E-state index contributed by atoms with van der Waals surface area (Å²) in [7, 11) is 1.55. The first kappa shape index (κ1) is 11.3. The monoisotopic (exact) mass is 237 g/mol. The highest BCUT2D eigenvalue weighted by Crippen LogP contribution is 2.29. The molecule has 0 aromatic carbocycles. The van der Waals surface area contributed by atoms with Crippen molar-refractivity contribution in [3.8, 4) is 0 Å². The second kappa shape index (κ2) is 4.02. The number of hydrogen-bond donors (Lipinski definition) is 1. The smallest absolute Gasteiger partial charge is 0.380 e. The minimum atomic E-state index is -4.57. The van der Waals surface area contributed by atoms with Crippen LogP contribution in [0.1, 0.15) is 24.2 Å². The summed E-state index contributed by atoms with van der Waals surface area (Å²) in [5.74, 6) is -1.29. The van der Waals surface area contributed by atoms with Crippen LogP contribution < -0.4 is 5.32 Å². The topological polar surface area (TPSA) is 60.2 Å². The molecule has 0 bridgehead atoms. The van der Waals surface area contributed by atoms with Gasteiger partial charge in [0, 0.05) is 13.7 Å². The summed E-state index contributed by atoms with van der Waals surface area (Å²) in [6.45, 7) is 0.560. The third-order valence-corrected chi connectivity index (χ3v) is 2.42. The Morgan fingerprint density at radius 3 is 2.75 bits per heavy atom. The van der Waals surface area contributed by atoms with E-state index < -0.39 is 12.0 Å². The number of nitrogens with one attached hydrogen (secondary N) is 1. The number of rotatable bonds is 2. The van der Waals surface area contributed by atoms with Crippen LogP contribution in [0.25, 0.3) is 0 Å². The molecule has 1 aromatic heterocycles. The van der Waals surface area contributed by atoms with Crippen molar-refractivity contribution in [3.63, 3.8) is 0 Å². The van der Waals surface area contributed by atoms with Crippen LogP contribution in [0, 0.1) is 0 Å². The fourth-order valence-electron chi connectivity index (χ4n) is 1.56. The highest BCUT2D eigenvalue weighted by atomic mass is 19.4. The molecule has 1 aromatic rings. The van der Waals surface area contributed by atoms with Gasteiger partial charge >= 0.3 is 6.18 Å². The van der Waals surface area contributed by atoms with Gasteiger partial charge in [-0.05, 0) is 6.42 Å². The molecule has 90 valence electrons. The number of methoxy groups -OCH3 is 1. The maximum absolute atomic E-state index is 12.2. The Morgan fingerprint density at radius 2 is 2.25 bits per heavy atom. The lowest BCUT2D eigenvalue weighted by Gasteiger charge is -2.04. The average molecular weight is 237 g/mol. The van der Waals surface area contributed by atoms with E-state index in [9.17, 15) is 13.2 Å². The summed E-state index contributed by atoms with van der Waals surface area (Å²) in [6.07, 6.45) is -4.08. The average Bonchev–Trinajstić information content (AvgIpc) is 2.85. The van der Waals surface area contributed by atoms with E-state index in [4.69, 9.17) is 4.74 Å². The molecule has 2 heterocycles. The Balaban J connectivity index is 2.08. The number of ether oxygens (including phenoxy) is 1. The molecule has 5 nitrogen and oxygen atoms in total. The fraction of sp³-hybridized carbons (Fsp3) is 0.750. The molecule has 8 heteroatoms. The van der Waals surface area contributed by atoms with E-state index in [0.29, 0.717) is 13.0 Å². The van der Waals surface area contributed by atoms with E-state index in [0.717, 1.165) is 0 Å². The van der Waals surface area contributed by atoms with Crippen molar-refractivity contribution in [2.24, 2.45) is 0 Å². The second-order valence-corrected chi connectivity index (χ2v) is 3.51. The summed E-state index contributed by atoms with van der Waals surface area (Å²) in [5.41, 5.74) is 0. The van der Waals surface area contributed by atoms with Crippen LogP contribution in [0.15, 0.2) is 4.52 Å². The van der Waals surface area contributed by atoms with Gasteiger partial charge in [-0.1, -0.05) is 5.16 Å². The molecule has 0 amide bonds. The van der Waals surface area contributed by atoms with E-state index in [1.165, 1.54) is 0 Å². The second-order valence-electron chi connectivity index (χ2n) is 3.51. The van der Waals surface area contributed by atoms with Crippen LogP contribution in [0.5, 0.6) is 0 Å². The molecular weight excluding hydrogens is 227 g/mol. The van der Waals surface area contributed by atoms with Crippen molar-refractivity contribution in [2.75, 3.05) is 13.7 Å². The molecule has 1 aliphatic heterocycles. The van der Waals surface area contributed by atoms with E-state index >= 15 is 0 Å². The van der Waals surface area contributed by atoms with Crippen molar-refractivity contribution in [1.29, 1.82) is 0 Å². The third-order valence-electron chi connectivity index (χ3n) is 2.42. The first-order valence-corrected chi connectivity index (χ1v) is 4.67. The van der Waals surface area contributed by atoms with Gasteiger partial charge in [-0.15, -0.1) is 0 Å². The Morgan fingerprint density at radius 1 is 1.50 bits per heavy atom. The zero-order chi connectivity index (χ0) is 11.8. The number of hydrogen-bond acceptors (Lipinski definition) is 5. The van der Waals surface area contributed by atoms with Crippen LogP contribution >= 0.6 is 0 Å². The van der Waals surface area contributed by atoms with Crippen LogP contribution in [0.4, 0.5) is 13.2 Å². The first-order valence-electron chi connectivity index (χ1n) is 4.67. The zero-order valence-electron chi connectivity index (χ0n) is 8.41. The van der Waals surface area contributed by atoms with Gasteiger partial charge in [0.05, 0.1) is 12.1 Å². The Bertz CT molecular complexity index is 366. The predicted molar refractivity (Wildman–Crippen MR) is 45.5 cm³/mol. The Labute approximate surface area is 89.0 Å². The molecule has 0 spiro atoms. The molecule has 2 unspecified atom stereocenters. The fourth-order valence-corrected chi connectivity index (χ4v) is 1.56. The maximum Gasteiger partial charge on any atom is 0.455 e. The van der Waals surface area contributed by atoms with Gasteiger partial charge in [-0.3, -0.25) is 0 Å². The largest absolute Gasteiger partial charge is 0.455 e. The lowest BCUT2D eigenvalue weighted by atomic mass is 10.2.